The highest BCUT2D eigenvalue weighted by Crippen LogP contribution is 2.24. The molecule has 0 saturated heterocycles. The Kier molecular flexibility index (Phi) is 2.98. The van der Waals surface area contributed by atoms with Gasteiger partial charge in [-0.1, -0.05) is 35.5 Å². The number of H-pyrrole nitrogens is 1. The van der Waals surface area contributed by atoms with E-state index in [1.165, 1.54) is 5.56 Å². The molecule has 3 rings (SSSR count). The first-order valence-corrected chi connectivity index (χ1v) is 7.02. The van der Waals surface area contributed by atoms with Crippen molar-refractivity contribution in [3.8, 4) is 0 Å². The summed E-state index contributed by atoms with van der Waals surface area (Å²) in [5.41, 5.74) is 4.97. The van der Waals surface area contributed by atoms with Crippen LogP contribution in [0.3, 0.4) is 0 Å². The molecule has 0 bridgehead atoms. The highest BCUT2D eigenvalue weighted by atomic mass is 32.2. The third-order valence-corrected chi connectivity index (χ3v) is 3.87. The van der Waals surface area contributed by atoms with E-state index in [-0.39, 0.29) is 0 Å². The first kappa shape index (κ1) is 12.2. The zero-order valence-corrected chi connectivity index (χ0v) is 11.7. The van der Waals surface area contributed by atoms with Crippen molar-refractivity contribution < 1.29 is 0 Å². The predicted molar refractivity (Wildman–Crippen MR) is 79.5 cm³/mol. The Hall–Kier alpha value is -1.88. The van der Waals surface area contributed by atoms with Gasteiger partial charge in [-0.3, -0.25) is 0 Å². The molecule has 96 valence electrons. The number of aromatic amines is 1. The molecule has 0 amide bonds. The van der Waals surface area contributed by atoms with E-state index in [4.69, 9.17) is 0 Å². The summed E-state index contributed by atoms with van der Waals surface area (Å²) >= 11 is 1.55. The largest absolute Gasteiger partial charge is 0.338 e. The van der Waals surface area contributed by atoms with Gasteiger partial charge in [-0.25, -0.2) is 4.98 Å². The van der Waals surface area contributed by atoms with Crippen molar-refractivity contribution in [1.29, 1.82) is 0 Å². The second-order valence-corrected chi connectivity index (χ2v) is 5.65. The summed E-state index contributed by atoms with van der Waals surface area (Å²) in [4.78, 5) is 7.79. The molecule has 0 radical (unpaired) electrons. The molecule has 4 nitrogen and oxygen atoms in total. The number of thioether (sulfide) groups is 1. The van der Waals surface area contributed by atoms with Gasteiger partial charge >= 0.3 is 0 Å². The monoisotopic (exact) mass is 270 g/mol. The molecule has 0 aliphatic rings. The minimum Gasteiger partial charge on any atom is -0.338 e. The van der Waals surface area contributed by atoms with Gasteiger partial charge < -0.3 is 4.98 Å². The van der Waals surface area contributed by atoms with E-state index >= 15 is 0 Å². The van der Waals surface area contributed by atoms with Crippen molar-refractivity contribution in [1.82, 2.24) is 20.2 Å². The second-order valence-electron chi connectivity index (χ2n) is 4.71. The van der Waals surface area contributed by atoms with Crippen molar-refractivity contribution in [3.05, 3.63) is 35.9 Å². The van der Waals surface area contributed by atoms with E-state index in [9.17, 15) is 0 Å². The molecule has 0 spiro atoms. The number of rotatable bonds is 3. The fraction of sp³-hybridized carbons (Fsp3) is 0.214. The molecule has 1 N–H and O–H groups in total. The maximum atomic E-state index is 4.51. The van der Waals surface area contributed by atoms with Gasteiger partial charge in [0, 0.05) is 16.7 Å². The van der Waals surface area contributed by atoms with E-state index < -0.39 is 0 Å². The zero-order chi connectivity index (χ0) is 13.4. The Bertz CT molecular complexity index is 776. The van der Waals surface area contributed by atoms with E-state index in [0.29, 0.717) is 5.16 Å². The van der Waals surface area contributed by atoms with Crippen LogP contribution < -0.4 is 0 Å². The number of hydrogen-bond donors (Lipinski definition) is 1. The van der Waals surface area contributed by atoms with Crippen LogP contribution >= 0.6 is 11.8 Å². The Morgan fingerprint density at radius 2 is 2.21 bits per heavy atom. The number of hydrogen-bond acceptors (Lipinski definition) is 4. The molecule has 5 heteroatoms. The average Bonchev–Trinajstić information content (AvgIpc) is 2.73. The number of benzene rings is 1. The van der Waals surface area contributed by atoms with E-state index in [2.05, 4.69) is 51.9 Å². The molecular weight excluding hydrogens is 256 g/mol. The lowest BCUT2D eigenvalue weighted by Crippen LogP contribution is -1.92. The van der Waals surface area contributed by atoms with Crippen LogP contribution in [0.4, 0.5) is 0 Å². The van der Waals surface area contributed by atoms with Crippen LogP contribution in [0.2, 0.25) is 0 Å². The molecule has 2 heterocycles. The van der Waals surface area contributed by atoms with Crippen LogP contribution in [0.1, 0.15) is 12.5 Å². The third-order valence-electron chi connectivity index (χ3n) is 2.80. The van der Waals surface area contributed by atoms with Gasteiger partial charge in [0.05, 0.1) is 0 Å². The van der Waals surface area contributed by atoms with Gasteiger partial charge in [0.2, 0.25) is 5.16 Å². The minimum atomic E-state index is 0.679. The molecule has 3 aromatic rings. The maximum absolute atomic E-state index is 4.51. The standard InChI is InChI=1S/C14H14N4S/c1-8(2)7-19-14-16-13-12(17-18-14)10-6-9(3)4-5-11(10)15-13/h4-6H,1,7H2,2-3H3,(H,15,16,18). The first-order valence-electron chi connectivity index (χ1n) is 6.03. The molecule has 19 heavy (non-hydrogen) atoms. The van der Waals surface area contributed by atoms with Crippen LogP contribution in [-0.4, -0.2) is 25.9 Å². The van der Waals surface area contributed by atoms with Crippen LogP contribution in [-0.2, 0) is 0 Å². The lowest BCUT2D eigenvalue weighted by molar-refractivity contribution is 0.879. The van der Waals surface area contributed by atoms with E-state index in [0.717, 1.165) is 33.4 Å². The summed E-state index contributed by atoms with van der Waals surface area (Å²) in [6.45, 7) is 7.93. The minimum absolute atomic E-state index is 0.679. The number of aromatic nitrogens is 4. The number of fused-ring (bicyclic) bond motifs is 3. The molecule has 0 saturated carbocycles. The molecule has 2 aromatic heterocycles. The van der Waals surface area contributed by atoms with E-state index in [1.54, 1.807) is 11.8 Å². The lowest BCUT2D eigenvalue weighted by atomic mass is 10.2. The summed E-state index contributed by atoms with van der Waals surface area (Å²) in [6.07, 6.45) is 0. The molecule has 0 atom stereocenters. The van der Waals surface area contributed by atoms with Crippen LogP contribution in [0.15, 0.2) is 35.5 Å². The highest BCUT2D eigenvalue weighted by Gasteiger charge is 2.09. The molecular formula is C14H14N4S. The van der Waals surface area contributed by atoms with Crippen LogP contribution in [0, 0.1) is 6.92 Å². The number of aryl methyl sites for hydroxylation is 1. The van der Waals surface area contributed by atoms with Crippen LogP contribution in [0.5, 0.6) is 0 Å². The van der Waals surface area contributed by atoms with Gasteiger partial charge in [0.25, 0.3) is 0 Å². The van der Waals surface area contributed by atoms with Crippen molar-refractivity contribution in [2.24, 2.45) is 0 Å². The molecule has 0 fully saturated rings. The zero-order valence-electron chi connectivity index (χ0n) is 10.9. The lowest BCUT2D eigenvalue weighted by Gasteiger charge is -1.98. The SMILES string of the molecule is C=C(C)CSc1nnc2c(n1)[nH]c1ccc(C)cc12. The van der Waals surface area contributed by atoms with Gasteiger partial charge in [-0.05, 0) is 26.0 Å². The Morgan fingerprint density at radius 1 is 1.37 bits per heavy atom. The van der Waals surface area contributed by atoms with Crippen molar-refractivity contribution in [3.63, 3.8) is 0 Å². The Balaban J connectivity index is 2.08. The van der Waals surface area contributed by atoms with Crippen molar-refractivity contribution in [2.45, 2.75) is 19.0 Å². The van der Waals surface area contributed by atoms with Gasteiger partial charge in [0.1, 0.15) is 5.52 Å². The van der Waals surface area contributed by atoms with Crippen LogP contribution in [0.25, 0.3) is 22.1 Å². The topological polar surface area (TPSA) is 54.5 Å². The normalized spacial score (nSPS) is 11.3. The summed E-state index contributed by atoms with van der Waals surface area (Å²) < 4.78 is 0. The molecule has 0 unspecified atom stereocenters. The maximum Gasteiger partial charge on any atom is 0.211 e. The molecule has 0 aliphatic heterocycles. The van der Waals surface area contributed by atoms with Crippen molar-refractivity contribution >= 4 is 33.8 Å². The summed E-state index contributed by atoms with van der Waals surface area (Å²) in [5.74, 6) is 0.812. The van der Waals surface area contributed by atoms with E-state index in [1.807, 2.05) is 6.92 Å². The fourth-order valence-corrected chi connectivity index (χ4v) is 2.55. The predicted octanol–water partition coefficient (Wildman–Crippen LogP) is 3.48. The summed E-state index contributed by atoms with van der Waals surface area (Å²) in [6, 6.07) is 6.22. The van der Waals surface area contributed by atoms with Gasteiger partial charge in [-0.15, -0.1) is 10.2 Å². The first-order chi connectivity index (χ1) is 9.13. The fourth-order valence-electron chi connectivity index (χ4n) is 1.92. The number of nitrogens with one attached hydrogen (secondary N) is 1. The van der Waals surface area contributed by atoms with Gasteiger partial charge in [0.15, 0.2) is 5.65 Å². The Labute approximate surface area is 115 Å². The molecule has 1 aromatic carbocycles. The highest BCUT2D eigenvalue weighted by molar-refractivity contribution is 7.99. The number of nitrogens with zero attached hydrogens (tertiary/aromatic N) is 3. The van der Waals surface area contributed by atoms with Gasteiger partial charge in [-0.2, -0.15) is 0 Å². The smallest absolute Gasteiger partial charge is 0.211 e. The second kappa shape index (κ2) is 4.66. The van der Waals surface area contributed by atoms with Crippen molar-refractivity contribution in [2.75, 3.05) is 5.75 Å². The quantitative estimate of drug-likeness (QED) is 0.584. The Morgan fingerprint density at radius 3 is 3.00 bits per heavy atom. The summed E-state index contributed by atoms with van der Waals surface area (Å²) in [7, 11) is 0. The molecule has 0 aliphatic carbocycles. The average molecular weight is 270 g/mol. The third kappa shape index (κ3) is 2.33. The summed E-state index contributed by atoms with van der Waals surface area (Å²) in [5, 5.41) is 10.2.